The highest BCUT2D eigenvalue weighted by molar-refractivity contribution is 7.89. The fourth-order valence-electron chi connectivity index (χ4n) is 2.56. The summed E-state index contributed by atoms with van der Waals surface area (Å²) in [5.74, 6) is -0.924. The van der Waals surface area contributed by atoms with E-state index >= 15 is 0 Å². The Morgan fingerprint density at radius 2 is 1.76 bits per heavy atom. The van der Waals surface area contributed by atoms with Gasteiger partial charge in [0.25, 0.3) is 0 Å². The molecular formula is C17H17NO5S2. The average Bonchev–Trinajstić information content (AvgIpc) is 3.33. The standard InChI is InChI=1S/C17H17NO5S2/c19-15(16-4-3-11-24-16)12-23-17(20)13-5-7-14(8-6-13)25(21,22)18-9-1-2-10-18/h3-8,11H,1-2,9-10,12H2. The zero-order valence-electron chi connectivity index (χ0n) is 13.4. The summed E-state index contributed by atoms with van der Waals surface area (Å²) in [6, 6.07) is 9.01. The fraction of sp³-hybridized carbons (Fsp3) is 0.294. The number of ether oxygens (including phenoxy) is 1. The molecule has 0 amide bonds. The van der Waals surface area contributed by atoms with E-state index < -0.39 is 16.0 Å². The number of benzene rings is 1. The Morgan fingerprint density at radius 1 is 1.08 bits per heavy atom. The lowest BCUT2D eigenvalue weighted by molar-refractivity contribution is 0.0475. The van der Waals surface area contributed by atoms with Crippen LogP contribution < -0.4 is 0 Å². The highest BCUT2D eigenvalue weighted by Crippen LogP contribution is 2.21. The van der Waals surface area contributed by atoms with Crippen LogP contribution in [0.2, 0.25) is 0 Å². The van der Waals surface area contributed by atoms with E-state index in [0.717, 1.165) is 12.8 Å². The molecule has 1 aliphatic rings. The Balaban J connectivity index is 1.63. The lowest BCUT2D eigenvalue weighted by atomic mass is 10.2. The van der Waals surface area contributed by atoms with E-state index in [1.807, 2.05) is 0 Å². The van der Waals surface area contributed by atoms with Crippen LogP contribution >= 0.6 is 11.3 Å². The summed E-state index contributed by atoms with van der Waals surface area (Å²) in [6.45, 7) is 0.709. The zero-order chi connectivity index (χ0) is 17.9. The van der Waals surface area contributed by atoms with Crippen LogP contribution in [0, 0.1) is 0 Å². The normalized spacial score (nSPS) is 15.2. The number of hydrogen-bond donors (Lipinski definition) is 0. The van der Waals surface area contributed by atoms with Gasteiger partial charge in [0.1, 0.15) is 0 Å². The first-order valence-corrected chi connectivity index (χ1v) is 10.1. The van der Waals surface area contributed by atoms with Crippen molar-refractivity contribution in [2.45, 2.75) is 17.7 Å². The zero-order valence-corrected chi connectivity index (χ0v) is 15.0. The van der Waals surface area contributed by atoms with Crippen molar-refractivity contribution in [3.63, 3.8) is 0 Å². The third-order valence-electron chi connectivity index (χ3n) is 3.92. The van der Waals surface area contributed by atoms with Crippen molar-refractivity contribution < 1.29 is 22.7 Å². The second-order valence-corrected chi connectivity index (χ2v) is 8.50. The predicted octanol–water partition coefficient (Wildman–Crippen LogP) is 2.57. The van der Waals surface area contributed by atoms with E-state index in [0.29, 0.717) is 18.0 Å². The van der Waals surface area contributed by atoms with Gasteiger partial charge in [0, 0.05) is 13.1 Å². The van der Waals surface area contributed by atoms with Gasteiger partial charge in [-0.05, 0) is 48.6 Å². The Morgan fingerprint density at radius 3 is 2.36 bits per heavy atom. The summed E-state index contributed by atoms with van der Waals surface area (Å²) in [5.41, 5.74) is 0.208. The Bertz CT molecular complexity index is 851. The Kier molecular flexibility index (Phi) is 5.31. The van der Waals surface area contributed by atoms with Crippen molar-refractivity contribution in [3.8, 4) is 0 Å². The molecule has 2 aromatic rings. The van der Waals surface area contributed by atoms with E-state index in [1.54, 1.807) is 17.5 Å². The highest BCUT2D eigenvalue weighted by atomic mass is 32.2. The lowest BCUT2D eigenvalue weighted by Crippen LogP contribution is -2.27. The number of Topliss-reactive ketones (excluding diaryl/α,β-unsaturated/α-hetero) is 1. The third-order valence-corrected chi connectivity index (χ3v) is 6.75. The smallest absolute Gasteiger partial charge is 0.338 e. The molecule has 1 fully saturated rings. The van der Waals surface area contributed by atoms with Crippen LogP contribution in [0.15, 0.2) is 46.7 Å². The number of rotatable bonds is 6. The molecule has 0 atom stereocenters. The number of esters is 1. The van der Waals surface area contributed by atoms with Crippen molar-refractivity contribution in [1.29, 1.82) is 0 Å². The van der Waals surface area contributed by atoms with Crippen LogP contribution in [0.3, 0.4) is 0 Å². The van der Waals surface area contributed by atoms with Gasteiger partial charge in [0.15, 0.2) is 6.61 Å². The minimum Gasteiger partial charge on any atom is -0.454 e. The molecule has 0 spiro atoms. The molecule has 8 heteroatoms. The molecule has 0 aliphatic carbocycles. The molecular weight excluding hydrogens is 362 g/mol. The number of thiophene rings is 1. The molecule has 1 aliphatic heterocycles. The largest absolute Gasteiger partial charge is 0.454 e. The fourth-order valence-corrected chi connectivity index (χ4v) is 4.73. The van der Waals surface area contributed by atoms with E-state index in [2.05, 4.69) is 0 Å². The average molecular weight is 379 g/mol. The summed E-state index contributed by atoms with van der Waals surface area (Å²) in [4.78, 5) is 24.5. The van der Waals surface area contributed by atoms with Gasteiger partial charge in [-0.3, -0.25) is 4.79 Å². The Hall–Kier alpha value is -2.03. The van der Waals surface area contributed by atoms with Crippen LogP contribution in [-0.4, -0.2) is 44.2 Å². The van der Waals surface area contributed by atoms with Crippen molar-refractivity contribution in [2.24, 2.45) is 0 Å². The van der Waals surface area contributed by atoms with Gasteiger partial charge in [-0.1, -0.05) is 6.07 Å². The minimum absolute atomic E-state index is 0.153. The maximum absolute atomic E-state index is 12.4. The van der Waals surface area contributed by atoms with E-state index in [1.165, 1.54) is 39.9 Å². The summed E-state index contributed by atoms with van der Waals surface area (Å²) in [6.07, 6.45) is 1.73. The summed E-state index contributed by atoms with van der Waals surface area (Å²) < 4.78 is 31.3. The van der Waals surface area contributed by atoms with Gasteiger partial charge in [-0.25, -0.2) is 13.2 Å². The van der Waals surface area contributed by atoms with E-state index in [-0.39, 0.29) is 22.8 Å². The minimum atomic E-state index is -3.51. The molecule has 0 saturated carbocycles. The second kappa shape index (κ2) is 7.47. The molecule has 0 radical (unpaired) electrons. The molecule has 1 aromatic carbocycles. The maximum Gasteiger partial charge on any atom is 0.338 e. The lowest BCUT2D eigenvalue weighted by Gasteiger charge is -2.15. The van der Waals surface area contributed by atoms with Gasteiger partial charge >= 0.3 is 5.97 Å². The number of carbonyl (C=O) groups is 2. The first-order chi connectivity index (χ1) is 12.0. The number of nitrogens with zero attached hydrogens (tertiary/aromatic N) is 1. The van der Waals surface area contributed by atoms with Crippen molar-refractivity contribution in [3.05, 3.63) is 52.2 Å². The molecule has 1 aromatic heterocycles. The SMILES string of the molecule is O=C(OCC(=O)c1cccs1)c1ccc(S(=O)(=O)N2CCCC2)cc1. The van der Waals surface area contributed by atoms with Gasteiger partial charge in [0.2, 0.25) is 15.8 Å². The van der Waals surface area contributed by atoms with E-state index in [9.17, 15) is 18.0 Å². The van der Waals surface area contributed by atoms with Crippen LogP contribution in [0.1, 0.15) is 32.9 Å². The number of sulfonamides is 1. The molecule has 2 heterocycles. The maximum atomic E-state index is 12.4. The molecule has 6 nitrogen and oxygen atoms in total. The molecule has 1 saturated heterocycles. The van der Waals surface area contributed by atoms with E-state index in [4.69, 9.17) is 4.74 Å². The quantitative estimate of drug-likeness (QED) is 0.569. The molecule has 0 bridgehead atoms. The van der Waals surface area contributed by atoms with Gasteiger partial charge in [-0.2, -0.15) is 4.31 Å². The van der Waals surface area contributed by atoms with Crippen LogP contribution in [0.5, 0.6) is 0 Å². The van der Waals surface area contributed by atoms with Crippen LogP contribution in [0.25, 0.3) is 0 Å². The number of carbonyl (C=O) groups excluding carboxylic acids is 2. The number of ketones is 1. The topological polar surface area (TPSA) is 80.8 Å². The monoisotopic (exact) mass is 379 g/mol. The third kappa shape index (κ3) is 3.97. The van der Waals surface area contributed by atoms with Crippen molar-refractivity contribution in [2.75, 3.05) is 19.7 Å². The first kappa shape index (κ1) is 17.8. The predicted molar refractivity (Wildman–Crippen MR) is 93.4 cm³/mol. The van der Waals surface area contributed by atoms with Crippen molar-refractivity contribution >= 4 is 33.1 Å². The Labute approximate surface area is 150 Å². The van der Waals surface area contributed by atoms with Gasteiger partial charge in [0.05, 0.1) is 15.3 Å². The van der Waals surface area contributed by atoms with Crippen molar-refractivity contribution in [1.82, 2.24) is 4.31 Å². The van der Waals surface area contributed by atoms with Crippen LogP contribution in [0.4, 0.5) is 0 Å². The molecule has 25 heavy (non-hydrogen) atoms. The first-order valence-electron chi connectivity index (χ1n) is 7.82. The molecule has 0 N–H and O–H groups in total. The van der Waals surface area contributed by atoms with Crippen LogP contribution in [-0.2, 0) is 14.8 Å². The molecule has 0 unspecified atom stereocenters. The van der Waals surface area contributed by atoms with Gasteiger partial charge in [-0.15, -0.1) is 11.3 Å². The highest BCUT2D eigenvalue weighted by Gasteiger charge is 2.27. The number of hydrogen-bond acceptors (Lipinski definition) is 6. The summed E-state index contributed by atoms with van der Waals surface area (Å²) in [5, 5.41) is 1.77. The van der Waals surface area contributed by atoms with Gasteiger partial charge < -0.3 is 4.74 Å². The molecule has 132 valence electrons. The summed E-state index contributed by atoms with van der Waals surface area (Å²) in [7, 11) is -3.51. The second-order valence-electron chi connectivity index (χ2n) is 5.61. The molecule has 3 rings (SSSR count). The summed E-state index contributed by atoms with van der Waals surface area (Å²) >= 11 is 1.28.